The van der Waals surface area contributed by atoms with Crippen molar-refractivity contribution >= 4 is 40.7 Å². The predicted molar refractivity (Wildman–Crippen MR) is 144 cm³/mol. The summed E-state index contributed by atoms with van der Waals surface area (Å²) >= 11 is 6.33. The highest BCUT2D eigenvalue weighted by Crippen LogP contribution is 2.45. The van der Waals surface area contributed by atoms with E-state index in [-0.39, 0.29) is 28.3 Å². The van der Waals surface area contributed by atoms with Gasteiger partial charge in [0.15, 0.2) is 0 Å². The maximum absolute atomic E-state index is 13.5. The van der Waals surface area contributed by atoms with Crippen LogP contribution in [0.4, 0.5) is 5.69 Å². The standard InChI is InChI=1S/C29H26ClNO8/c1-36-19-7-5-6-17(13-19)26-25(27(33)20-14-21(30)23(38-3)15-22(20)37-2)28(34)29(35)31(26)18-10-8-16(9-11-18)12-24(32)39-4/h5-11,13-15,26,33H,12H2,1-4H3/b27-25+. The molecular weight excluding hydrogens is 526 g/mol. The van der Waals surface area contributed by atoms with Crippen LogP contribution >= 0.6 is 11.6 Å². The van der Waals surface area contributed by atoms with Crippen LogP contribution in [0.2, 0.25) is 5.02 Å². The van der Waals surface area contributed by atoms with Gasteiger partial charge in [0.05, 0.1) is 57.1 Å². The van der Waals surface area contributed by atoms with Crippen molar-refractivity contribution in [2.24, 2.45) is 0 Å². The Morgan fingerprint density at radius 3 is 2.23 bits per heavy atom. The van der Waals surface area contributed by atoms with Crippen molar-refractivity contribution in [3.63, 3.8) is 0 Å². The smallest absolute Gasteiger partial charge is 0.309 e. The Kier molecular flexibility index (Phi) is 8.11. The van der Waals surface area contributed by atoms with Crippen molar-refractivity contribution in [3.05, 3.63) is 87.9 Å². The third-order valence-electron chi connectivity index (χ3n) is 6.37. The molecule has 39 heavy (non-hydrogen) atoms. The zero-order valence-electron chi connectivity index (χ0n) is 21.7. The zero-order valence-corrected chi connectivity index (χ0v) is 22.4. The SMILES string of the molecule is COC(=O)Cc1ccc(N2C(=O)C(=O)/C(=C(/O)c3cc(Cl)c(OC)cc3OC)C2c2cccc(OC)c2)cc1. The minimum atomic E-state index is -1.02. The number of carbonyl (C=O) groups excluding carboxylic acids is 3. The Hall–Kier alpha value is -4.50. The molecule has 0 aromatic heterocycles. The molecule has 0 spiro atoms. The molecule has 1 heterocycles. The van der Waals surface area contributed by atoms with Crippen molar-refractivity contribution in [3.8, 4) is 17.2 Å². The molecule has 0 bridgehead atoms. The van der Waals surface area contributed by atoms with E-state index in [9.17, 15) is 19.5 Å². The van der Waals surface area contributed by atoms with E-state index in [2.05, 4.69) is 0 Å². The molecule has 1 aliphatic rings. The van der Waals surface area contributed by atoms with Gasteiger partial charge >= 0.3 is 5.97 Å². The van der Waals surface area contributed by atoms with Crippen molar-refractivity contribution < 1.29 is 38.4 Å². The van der Waals surface area contributed by atoms with Crippen LogP contribution < -0.4 is 19.1 Å². The first-order chi connectivity index (χ1) is 18.7. The first kappa shape index (κ1) is 27.5. The lowest BCUT2D eigenvalue weighted by Gasteiger charge is -2.26. The van der Waals surface area contributed by atoms with E-state index in [0.717, 1.165) is 0 Å². The Morgan fingerprint density at radius 2 is 1.62 bits per heavy atom. The maximum Gasteiger partial charge on any atom is 0.309 e. The second-order valence-corrected chi connectivity index (χ2v) is 8.96. The highest BCUT2D eigenvalue weighted by Gasteiger charge is 2.47. The highest BCUT2D eigenvalue weighted by atomic mass is 35.5. The fourth-order valence-electron chi connectivity index (χ4n) is 4.43. The van der Waals surface area contributed by atoms with Gasteiger partial charge in [-0.25, -0.2) is 0 Å². The second-order valence-electron chi connectivity index (χ2n) is 8.55. The quantitative estimate of drug-likeness (QED) is 0.185. The van der Waals surface area contributed by atoms with E-state index in [1.807, 2.05) is 0 Å². The first-order valence-corrected chi connectivity index (χ1v) is 12.1. The third kappa shape index (κ3) is 5.26. The third-order valence-corrected chi connectivity index (χ3v) is 6.67. The lowest BCUT2D eigenvalue weighted by atomic mass is 9.94. The molecule has 1 amide bonds. The summed E-state index contributed by atoms with van der Waals surface area (Å²) in [5, 5.41) is 11.7. The number of methoxy groups -OCH3 is 4. The largest absolute Gasteiger partial charge is 0.507 e. The Bertz CT molecular complexity index is 1460. The van der Waals surface area contributed by atoms with E-state index in [1.165, 1.54) is 45.5 Å². The molecule has 10 heteroatoms. The molecule has 4 rings (SSSR count). The normalized spacial score (nSPS) is 16.2. The van der Waals surface area contributed by atoms with Gasteiger partial charge in [-0.2, -0.15) is 0 Å². The molecule has 0 aliphatic carbocycles. The molecule has 1 unspecified atom stereocenters. The summed E-state index contributed by atoms with van der Waals surface area (Å²) in [5.41, 5.74) is 1.52. The summed E-state index contributed by atoms with van der Waals surface area (Å²) in [6.45, 7) is 0. The van der Waals surface area contributed by atoms with Crippen LogP contribution in [-0.4, -0.2) is 51.2 Å². The van der Waals surface area contributed by atoms with Crippen molar-refractivity contribution in [2.45, 2.75) is 12.5 Å². The van der Waals surface area contributed by atoms with Crippen LogP contribution in [0.3, 0.4) is 0 Å². The van der Waals surface area contributed by atoms with Crippen LogP contribution in [-0.2, 0) is 25.5 Å². The summed E-state index contributed by atoms with van der Waals surface area (Å²) < 4.78 is 20.7. The van der Waals surface area contributed by atoms with Gasteiger partial charge < -0.3 is 24.1 Å². The summed E-state index contributed by atoms with van der Waals surface area (Å²) in [6.07, 6.45) is 0.0485. The fraction of sp³-hybridized carbons (Fsp3) is 0.207. The van der Waals surface area contributed by atoms with Gasteiger partial charge in [0.25, 0.3) is 11.7 Å². The number of aliphatic hydroxyl groups excluding tert-OH is 1. The topological polar surface area (TPSA) is 112 Å². The number of benzene rings is 3. The second kappa shape index (κ2) is 11.5. The number of rotatable bonds is 8. The van der Waals surface area contributed by atoms with Crippen LogP contribution in [0.1, 0.15) is 22.7 Å². The van der Waals surface area contributed by atoms with Crippen LogP contribution in [0.15, 0.2) is 66.2 Å². The molecule has 0 saturated carbocycles. The van der Waals surface area contributed by atoms with E-state index in [0.29, 0.717) is 28.3 Å². The van der Waals surface area contributed by atoms with Gasteiger partial charge in [-0.3, -0.25) is 19.3 Å². The predicted octanol–water partition coefficient (Wildman–Crippen LogP) is 4.71. The number of carbonyl (C=O) groups is 3. The monoisotopic (exact) mass is 551 g/mol. The number of anilines is 1. The van der Waals surface area contributed by atoms with Gasteiger partial charge in [-0.15, -0.1) is 0 Å². The minimum Gasteiger partial charge on any atom is -0.507 e. The van der Waals surface area contributed by atoms with Gasteiger partial charge in [0.1, 0.15) is 23.0 Å². The molecule has 1 saturated heterocycles. The van der Waals surface area contributed by atoms with Crippen molar-refractivity contribution in [1.29, 1.82) is 0 Å². The van der Waals surface area contributed by atoms with E-state index in [1.54, 1.807) is 48.5 Å². The molecule has 1 fully saturated rings. The van der Waals surface area contributed by atoms with Gasteiger partial charge in [0.2, 0.25) is 0 Å². The van der Waals surface area contributed by atoms with Crippen LogP contribution in [0, 0.1) is 0 Å². The van der Waals surface area contributed by atoms with Gasteiger partial charge in [-0.1, -0.05) is 35.9 Å². The number of halogens is 1. The maximum atomic E-state index is 13.5. The van der Waals surface area contributed by atoms with Crippen molar-refractivity contribution in [2.75, 3.05) is 33.3 Å². The van der Waals surface area contributed by atoms with E-state index >= 15 is 0 Å². The Balaban J connectivity index is 1.92. The molecule has 3 aromatic carbocycles. The number of aliphatic hydroxyl groups is 1. The Labute approximate surface area is 230 Å². The number of hydrogen-bond acceptors (Lipinski definition) is 8. The summed E-state index contributed by atoms with van der Waals surface area (Å²) in [7, 11) is 5.63. The summed E-state index contributed by atoms with van der Waals surface area (Å²) in [4.78, 5) is 39.9. The average Bonchev–Trinajstić information content (AvgIpc) is 3.22. The van der Waals surface area contributed by atoms with Gasteiger partial charge in [0, 0.05) is 11.8 Å². The fourth-order valence-corrected chi connectivity index (χ4v) is 4.67. The molecule has 1 atom stereocenters. The highest BCUT2D eigenvalue weighted by molar-refractivity contribution is 6.51. The summed E-state index contributed by atoms with van der Waals surface area (Å²) in [6, 6.07) is 15.3. The van der Waals surface area contributed by atoms with Gasteiger partial charge in [-0.05, 0) is 41.5 Å². The van der Waals surface area contributed by atoms with E-state index < -0.39 is 29.5 Å². The number of nitrogens with zero attached hydrogens (tertiary/aromatic N) is 1. The number of ketones is 1. The lowest BCUT2D eigenvalue weighted by Crippen LogP contribution is -2.29. The number of ether oxygens (including phenoxy) is 4. The first-order valence-electron chi connectivity index (χ1n) is 11.8. The number of Topliss-reactive ketones (excluding diaryl/α,β-unsaturated/α-hetero) is 1. The van der Waals surface area contributed by atoms with E-state index in [4.69, 9.17) is 30.5 Å². The van der Waals surface area contributed by atoms with Crippen LogP contribution in [0.25, 0.3) is 5.76 Å². The number of amides is 1. The lowest BCUT2D eigenvalue weighted by molar-refractivity contribution is -0.139. The molecular formula is C29H26ClNO8. The molecule has 202 valence electrons. The van der Waals surface area contributed by atoms with Crippen LogP contribution in [0.5, 0.6) is 17.2 Å². The average molecular weight is 552 g/mol. The Morgan fingerprint density at radius 1 is 0.923 bits per heavy atom. The zero-order chi connectivity index (χ0) is 28.3. The summed E-state index contributed by atoms with van der Waals surface area (Å²) in [5.74, 6) is -1.62. The molecule has 1 aliphatic heterocycles. The van der Waals surface area contributed by atoms with Crippen molar-refractivity contribution in [1.82, 2.24) is 0 Å². The number of hydrogen-bond donors (Lipinski definition) is 1. The molecule has 0 radical (unpaired) electrons. The molecule has 3 aromatic rings. The minimum absolute atomic E-state index is 0.0485. The number of esters is 1. The molecule has 1 N–H and O–H groups in total. The molecule has 9 nitrogen and oxygen atoms in total.